The van der Waals surface area contributed by atoms with Crippen LogP contribution in [0.4, 0.5) is 0 Å². The van der Waals surface area contributed by atoms with Crippen molar-refractivity contribution in [3.63, 3.8) is 0 Å². The van der Waals surface area contributed by atoms with Crippen LogP contribution in [-0.4, -0.2) is 78.0 Å². The van der Waals surface area contributed by atoms with Gasteiger partial charge < -0.3 is 0 Å². The Morgan fingerprint density at radius 1 is 0.561 bits per heavy atom. The van der Waals surface area contributed by atoms with Crippen molar-refractivity contribution in [3.05, 3.63) is 48.5 Å². The molecule has 0 radical (unpaired) electrons. The molecule has 8 rings (SSSR count). The van der Waals surface area contributed by atoms with E-state index in [4.69, 9.17) is 18.9 Å². The predicted octanol–water partition coefficient (Wildman–Crippen LogP) is 6.31. The van der Waals surface area contributed by atoms with Crippen LogP contribution in [0.5, 0.6) is 23.0 Å². The molecule has 7 nitrogen and oxygen atoms in total. The molecule has 0 spiro atoms. The third kappa shape index (κ3) is 5.22. The Kier molecular flexibility index (Phi) is 7.69. The predicted molar refractivity (Wildman–Crippen MR) is 159 cm³/mol. The SMILES string of the molecule is CC1CCC2CCCC3[O][Ga]([O]c4ccc(Oc5ccc([O][Ga]6[O]C7CCCC8CCC(C)[N]6C87)cc5)cc4)[N]1C23. The molecule has 4 heterocycles. The second-order valence-electron chi connectivity index (χ2n) is 13.4. The van der Waals surface area contributed by atoms with Gasteiger partial charge in [-0.05, 0) is 0 Å². The third-order valence-electron chi connectivity index (χ3n) is 10.9. The molecule has 2 aromatic carbocycles. The molecular weight excluding hydrogens is 632 g/mol. The van der Waals surface area contributed by atoms with Crippen molar-refractivity contribution >= 4 is 34.4 Å². The summed E-state index contributed by atoms with van der Waals surface area (Å²) in [5, 5.41) is 0. The van der Waals surface area contributed by atoms with Crippen molar-refractivity contribution in [1.29, 1.82) is 0 Å². The monoisotopic (exact) mass is 672 g/mol. The van der Waals surface area contributed by atoms with Crippen molar-refractivity contribution < 1.29 is 18.9 Å². The summed E-state index contributed by atoms with van der Waals surface area (Å²) >= 11 is -5.01. The Bertz CT molecular complexity index is 1120. The summed E-state index contributed by atoms with van der Waals surface area (Å²) in [6, 6.07) is 18.5. The van der Waals surface area contributed by atoms with E-state index in [2.05, 4.69) is 21.1 Å². The first-order chi connectivity index (χ1) is 20.1. The quantitative estimate of drug-likeness (QED) is 0.333. The number of ether oxygens (including phenoxy) is 1. The second-order valence-corrected chi connectivity index (χ2v) is 20.6. The molecule has 0 aromatic heterocycles. The van der Waals surface area contributed by atoms with Gasteiger partial charge in [0, 0.05) is 0 Å². The average molecular weight is 674 g/mol. The van der Waals surface area contributed by atoms with Crippen LogP contribution in [0.3, 0.4) is 0 Å². The van der Waals surface area contributed by atoms with Crippen molar-refractivity contribution in [1.82, 2.24) is 7.21 Å². The molecule has 8 atom stereocenters. The van der Waals surface area contributed by atoms with E-state index in [0.717, 1.165) is 34.8 Å². The first kappa shape index (κ1) is 27.5. The van der Waals surface area contributed by atoms with Gasteiger partial charge >= 0.3 is 258 Å². The average Bonchev–Trinajstić information content (AvgIpc) is 3.55. The molecule has 0 N–H and O–H groups in total. The fourth-order valence-electron chi connectivity index (χ4n) is 8.90. The Hall–Kier alpha value is -1.05. The van der Waals surface area contributed by atoms with Crippen molar-refractivity contribution in [2.75, 3.05) is 0 Å². The number of rotatable bonds is 6. The van der Waals surface area contributed by atoms with Gasteiger partial charge in [-0.3, -0.25) is 0 Å². The first-order valence-electron chi connectivity index (χ1n) is 16.2. The van der Waals surface area contributed by atoms with Crippen LogP contribution in [0.2, 0.25) is 0 Å². The molecular formula is C32H42Ga2N2O5. The molecule has 9 heteroatoms. The number of benzene rings is 2. The molecule has 0 amide bonds. The van der Waals surface area contributed by atoms with E-state index in [1.165, 1.54) is 64.2 Å². The third-order valence-corrected chi connectivity index (χ3v) is 21.0. The number of hydrogen-bond acceptors (Lipinski definition) is 7. The zero-order valence-electron chi connectivity index (χ0n) is 24.4. The van der Waals surface area contributed by atoms with Crippen LogP contribution >= 0.6 is 0 Å². The molecule has 6 aliphatic rings. The van der Waals surface area contributed by atoms with E-state index in [1.807, 2.05) is 48.5 Å². The summed E-state index contributed by atoms with van der Waals surface area (Å²) in [5.41, 5.74) is 0. The molecule has 2 saturated carbocycles. The molecule has 4 aliphatic heterocycles. The molecule has 216 valence electrons. The minimum atomic E-state index is -2.51. The summed E-state index contributed by atoms with van der Waals surface area (Å²) in [4.78, 5) is 0. The van der Waals surface area contributed by atoms with Gasteiger partial charge in [0.2, 0.25) is 0 Å². The van der Waals surface area contributed by atoms with Crippen LogP contribution in [0.25, 0.3) is 0 Å². The van der Waals surface area contributed by atoms with Crippen LogP contribution in [0, 0.1) is 11.8 Å². The summed E-state index contributed by atoms with van der Waals surface area (Å²) in [6.07, 6.45) is 13.8. The van der Waals surface area contributed by atoms with E-state index in [9.17, 15) is 0 Å². The van der Waals surface area contributed by atoms with Crippen molar-refractivity contribution in [2.45, 2.75) is 114 Å². The van der Waals surface area contributed by atoms with E-state index in [-0.39, 0.29) is 0 Å². The van der Waals surface area contributed by atoms with Crippen LogP contribution < -0.4 is 11.8 Å². The number of nitrogens with zero attached hydrogens (tertiary/aromatic N) is 2. The van der Waals surface area contributed by atoms with E-state index >= 15 is 0 Å². The van der Waals surface area contributed by atoms with Gasteiger partial charge in [-0.15, -0.1) is 0 Å². The zero-order chi connectivity index (χ0) is 27.5. The molecule has 2 aliphatic carbocycles. The molecule has 0 bridgehead atoms. The minimum absolute atomic E-state index is 0.393. The van der Waals surface area contributed by atoms with Gasteiger partial charge in [-0.1, -0.05) is 0 Å². The maximum atomic E-state index is 6.63. The Balaban J connectivity index is 0.888. The Morgan fingerprint density at radius 3 is 1.41 bits per heavy atom. The summed E-state index contributed by atoms with van der Waals surface area (Å²) < 4.78 is 38.0. The van der Waals surface area contributed by atoms with Crippen LogP contribution in [0.15, 0.2) is 48.5 Å². The number of hydrogen-bond donors (Lipinski definition) is 0. The Labute approximate surface area is 257 Å². The van der Waals surface area contributed by atoms with E-state index < -0.39 is 34.4 Å². The van der Waals surface area contributed by atoms with Crippen molar-refractivity contribution in [3.8, 4) is 23.0 Å². The van der Waals surface area contributed by atoms with E-state index in [1.54, 1.807) is 0 Å². The Morgan fingerprint density at radius 2 is 0.976 bits per heavy atom. The van der Waals surface area contributed by atoms with Gasteiger partial charge in [-0.2, -0.15) is 0 Å². The van der Waals surface area contributed by atoms with Gasteiger partial charge in [0.15, 0.2) is 0 Å². The van der Waals surface area contributed by atoms with Gasteiger partial charge in [0.1, 0.15) is 0 Å². The van der Waals surface area contributed by atoms with Crippen LogP contribution in [-0.2, 0) is 7.06 Å². The first-order valence-corrected chi connectivity index (χ1v) is 22.3. The topological polar surface area (TPSA) is 52.6 Å². The molecule has 4 saturated heterocycles. The summed E-state index contributed by atoms with van der Waals surface area (Å²) in [6.45, 7) is 4.73. The molecule has 41 heavy (non-hydrogen) atoms. The zero-order valence-corrected chi connectivity index (χ0v) is 29.2. The maximum absolute atomic E-state index is 6.63. The fraction of sp³-hybridized carbons (Fsp3) is 0.625. The normalized spacial score (nSPS) is 36.5. The molecule has 6 fully saturated rings. The van der Waals surface area contributed by atoms with Crippen molar-refractivity contribution in [2.24, 2.45) is 11.8 Å². The number of piperidine rings is 2. The summed E-state index contributed by atoms with van der Waals surface area (Å²) in [5.74, 6) is 5.01. The van der Waals surface area contributed by atoms with Crippen LogP contribution in [0.1, 0.15) is 78.1 Å². The second kappa shape index (κ2) is 11.5. The standard InChI is InChI=1S/C12H10O3.2C10H17NO.2Ga/c13-9-1-5-11(6-2-9)15-12-7-3-10(14)4-8-12;2*1-7-5-6-8-3-2-4-9(12)10(8)11-7;;/h1-8,13-14H;2*7-10H,2-6H2,1H3;;/q;2*-2;2*+3/p-2. The van der Waals surface area contributed by atoms with E-state index in [0.29, 0.717) is 36.4 Å². The fourth-order valence-corrected chi connectivity index (χ4v) is 19.7. The van der Waals surface area contributed by atoms with Gasteiger partial charge in [0.05, 0.1) is 0 Å². The molecule has 2 aromatic rings. The van der Waals surface area contributed by atoms with Gasteiger partial charge in [-0.25, -0.2) is 0 Å². The van der Waals surface area contributed by atoms with Gasteiger partial charge in [0.25, 0.3) is 0 Å². The summed E-state index contributed by atoms with van der Waals surface area (Å²) in [7, 11) is 0. The molecule has 8 unspecified atom stereocenters.